The summed E-state index contributed by atoms with van der Waals surface area (Å²) in [6.45, 7) is 2.36. The summed E-state index contributed by atoms with van der Waals surface area (Å²) in [5, 5.41) is 4.32. The number of likely N-dealkylation sites (tertiary alicyclic amines) is 1. The molecule has 0 aromatic carbocycles. The molecule has 0 radical (unpaired) electrons. The molecule has 0 atom stereocenters. The van der Waals surface area contributed by atoms with Crippen molar-refractivity contribution in [1.29, 1.82) is 0 Å². The number of rotatable bonds is 3. The summed E-state index contributed by atoms with van der Waals surface area (Å²) in [7, 11) is 3.60. The second-order valence-corrected chi connectivity index (χ2v) is 6.04. The Morgan fingerprint density at radius 1 is 1.36 bits per heavy atom. The molecule has 1 saturated heterocycles. The first-order chi connectivity index (χ1) is 10.6. The van der Waals surface area contributed by atoms with Crippen LogP contribution in [0.5, 0.6) is 0 Å². The molecule has 0 saturated carbocycles. The van der Waals surface area contributed by atoms with Gasteiger partial charge in [-0.2, -0.15) is 5.10 Å². The van der Waals surface area contributed by atoms with Crippen LogP contribution in [0.2, 0.25) is 0 Å². The number of likely N-dealkylation sites (N-methyl/N-ethyl adjacent to an activating group) is 1. The van der Waals surface area contributed by atoms with Gasteiger partial charge in [-0.05, 0) is 38.1 Å². The third-order valence-electron chi connectivity index (χ3n) is 4.37. The molecule has 1 aliphatic rings. The van der Waals surface area contributed by atoms with Gasteiger partial charge in [-0.25, -0.2) is 9.50 Å². The Morgan fingerprint density at radius 3 is 2.77 bits per heavy atom. The molecule has 0 spiro atoms. The number of aromatic nitrogens is 3. The van der Waals surface area contributed by atoms with Gasteiger partial charge in [0.2, 0.25) is 5.91 Å². The van der Waals surface area contributed by atoms with Gasteiger partial charge in [0.05, 0.1) is 6.54 Å². The minimum absolute atomic E-state index is 0.159. The van der Waals surface area contributed by atoms with E-state index in [9.17, 15) is 4.79 Å². The first-order valence-corrected chi connectivity index (χ1v) is 7.57. The zero-order chi connectivity index (χ0) is 15.7. The van der Waals surface area contributed by atoms with E-state index in [1.165, 1.54) is 12.0 Å². The number of nitrogen functional groups attached to an aromatic ring is 1. The van der Waals surface area contributed by atoms with Gasteiger partial charge in [-0.3, -0.25) is 9.69 Å². The van der Waals surface area contributed by atoms with E-state index < -0.39 is 0 Å². The molecule has 3 heterocycles. The number of nitrogens with zero attached hydrogens (tertiary/aromatic N) is 5. The third kappa shape index (κ3) is 2.76. The number of amides is 1. The first-order valence-electron chi connectivity index (χ1n) is 7.57. The lowest BCUT2D eigenvalue weighted by Gasteiger charge is -2.31. The molecule has 1 amide bonds. The van der Waals surface area contributed by atoms with Crippen molar-refractivity contribution in [2.24, 2.45) is 0 Å². The van der Waals surface area contributed by atoms with Crippen LogP contribution in [0.3, 0.4) is 0 Å². The van der Waals surface area contributed by atoms with Gasteiger partial charge < -0.3 is 10.6 Å². The highest BCUT2D eigenvalue weighted by Crippen LogP contribution is 2.29. The van der Waals surface area contributed by atoms with E-state index in [0.29, 0.717) is 18.3 Å². The highest BCUT2D eigenvalue weighted by molar-refractivity contribution is 5.77. The molecule has 0 bridgehead atoms. The van der Waals surface area contributed by atoms with Crippen molar-refractivity contribution in [2.75, 3.05) is 39.5 Å². The molecule has 0 aliphatic carbocycles. The summed E-state index contributed by atoms with van der Waals surface area (Å²) < 4.78 is 1.90. The lowest BCUT2D eigenvalue weighted by Crippen LogP contribution is -2.40. The fourth-order valence-corrected chi connectivity index (χ4v) is 3.00. The molecule has 0 unspecified atom stereocenters. The van der Waals surface area contributed by atoms with Gasteiger partial charge in [-0.15, -0.1) is 0 Å². The van der Waals surface area contributed by atoms with Gasteiger partial charge in [0, 0.05) is 25.7 Å². The molecular formula is C15H22N6O. The maximum Gasteiger partial charge on any atom is 0.236 e. The topological polar surface area (TPSA) is 79.8 Å². The van der Waals surface area contributed by atoms with Crippen LogP contribution >= 0.6 is 0 Å². The Bertz CT molecular complexity index is 672. The van der Waals surface area contributed by atoms with Gasteiger partial charge >= 0.3 is 0 Å². The van der Waals surface area contributed by atoms with Crippen molar-refractivity contribution < 1.29 is 4.79 Å². The number of hydrogen-bond acceptors (Lipinski definition) is 5. The Balaban J connectivity index is 1.68. The number of hydrogen-bond donors (Lipinski definition) is 1. The monoisotopic (exact) mass is 302 g/mol. The number of carbonyl (C=O) groups is 1. The van der Waals surface area contributed by atoms with E-state index in [4.69, 9.17) is 5.73 Å². The molecular weight excluding hydrogens is 280 g/mol. The summed E-state index contributed by atoms with van der Waals surface area (Å²) in [6, 6.07) is 4.07. The number of piperidine rings is 1. The minimum Gasteiger partial charge on any atom is -0.382 e. The molecule has 7 nitrogen and oxygen atoms in total. The maximum atomic E-state index is 11.8. The van der Waals surface area contributed by atoms with Gasteiger partial charge in [0.15, 0.2) is 5.82 Å². The summed E-state index contributed by atoms with van der Waals surface area (Å²) in [5.74, 6) is 1.12. The fraction of sp³-hybridized carbons (Fsp3) is 0.533. The zero-order valence-electron chi connectivity index (χ0n) is 13.1. The highest BCUT2D eigenvalue weighted by atomic mass is 16.2. The summed E-state index contributed by atoms with van der Waals surface area (Å²) in [5.41, 5.74) is 7.93. The smallest absolute Gasteiger partial charge is 0.236 e. The van der Waals surface area contributed by atoms with E-state index in [1.54, 1.807) is 19.0 Å². The van der Waals surface area contributed by atoms with Crippen molar-refractivity contribution in [3.8, 4) is 0 Å². The molecule has 22 heavy (non-hydrogen) atoms. The van der Waals surface area contributed by atoms with Crippen molar-refractivity contribution in [2.45, 2.75) is 18.8 Å². The minimum atomic E-state index is 0.159. The highest BCUT2D eigenvalue weighted by Gasteiger charge is 2.24. The summed E-state index contributed by atoms with van der Waals surface area (Å²) in [4.78, 5) is 19.7. The normalized spacial score (nSPS) is 17.0. The van der Waals surface area contributed by atoms with Crippen molar-refractivity contribution in [3.63, 3.8) is 0 Å². The Hall–Kier alpha value is -2.15. The van der Waals surface area contributed by atoms with Crippen LogP contribution in [0.25, 0.3) is 5.52 Å². The fourth-order valence-electron chi connectivity index (χ4n) is 3.00. The molecule has 7 heteroatoms. The van der Waals surface area contributed by atoms with Crippen molar-refractivity contribution in [3.05, 3.63) is 24.2 Å². The van der Waals surface area contributed by atoms with E-state index in [1.807, 2.05) is 10.6 Å². The second kappa shape index (κ2) is 5.92. The Labute approximate surface area is 129 Å². The standard InChI is InChI=1S/C15H22N6O/c1-19(2)14(22)9-20-7-5-11(6-8-20)12-3-4-13-15(16)17-10-18-21(12)13/h3-4,10-11H,5-9H2,1-2H3,(H2,16,17,18). The van der Waals surface area contributed by atoms with Gasteiger partial charge in [0.1, 0.15) is 11.8 Å². The van der Waals surface area contributed by atoms with Crippen LogP contribution in [-0.4, -0.2) is 64.0 Å². The number of nitrogens with two attached hydrogens (primary N) is 1. The zero-order valence-corrected chi connectivity index (χ0v) is 13.1. The van der Waals surface area contributed by atoms with Crippen LogP contribution in [-0.2, 0) is 4.79 Å². The Morgan fingerprint density at radius 2 is 2.09 bits per heavy atom. The number of fused-ring (bicyclic) bond motifs is 1. The van der Waals surface area contributed by atoms with Crippen molar-refractivity contribution in [1.82, 2.24) is 24.4 Å². The molecule has 2 aromatic rings. The van der Waals surface area contributed by atoms with Gasteiger partial charge in [-0.1, -0.05) is 0 Å². The van der Waals surface area contributed by atoms with E-state index in [2.05, 4.69) is 21.0 Å². The number of anilines is 1. The SMILES string of the molecule is CN(C)C(=O)CN1CCC(c2ccc3c(N)ncnn23)CC1. The maximum absolute atomic E-state index is 11.8. The van der Waals surface area contributed by atoms with E-state index >= 15 is 0 Å². The van der Waals surface area contributed by atoms with Crippen LogP contribution in [0.15, 0.2) is 18.5 Å². The lowest BCUT2D eigenvalue weighted by atomic mass is 9.93. The van der Waals surface area contributed by atoms with E-state index in [-0.39, 0.29) is 5.91 Å². The predicted molar refractivity (Wildman–Crippen MR) is 84.5 cm³/mol. The van der Waals surface area contributed by atoms with Crippen LogP contribution in [0.4, 0.5) is 5.82 Å². The average molecular weight is 302 g/mol. The van der Waals surface area contributed by atoms with Crippen LogP contribution < -0.4 is 5.73 Å². The van der Waals surface area contributed by atoms with E-state index in [0.717, 1.165) is 31.4 Å². The summed E-state index contributed by atoms with van der Waals surface area (Å²) >= 11 is 0. The molecule has 2 N–H and O–H groups in total. The first kappa shape index (κ1) is 14.8. The lowest BCUT2D eigenvalue weighted by molar-refractivity contribution is -0.130. The van der Waals surface area contributed by atoms with Crippen LogP contribution in [0.1, 0.15) is 24.5 Å². The third-order valence-corrected chi connectivity index (χ3v) is 4.37. The second-order valence-electron chi connectivity index (χ2n) is 6.04. The largest absolute Gasteiger partial charge is 0.382 e. The van der Waals surface area contributed by atoms with Crippen molar-refractivity contribution >= 4 is 17.2 Å². The molecule has 118 valence electrons. The predicted octanol–water partition coefficient (Wildman–Crippen LogP) is 0.579. The quantitative estimate of drug-likeness (QED) is 0.897. The number of carbonyl (C=O) groups excluding carboxylic acids is 1. The molecule has 1 aliphatic heterocycles. The van der Waals surface area contributed by atoms with Crippen LogP contribution in [0, 0.1) is 0 Å². The Kier molecular flexibility index (Phi) is 3.98. The molecule has 1 fully saturated rings. The van der Waals surface area contributed by atoms with Gasteiger partial charge in [0.25, 0.3) is 0 Å². The average Bonchev–Trinajstić information content (AvgIpc) is 2.93. The molecule has 3 rings (SSSR count). The summed E-state index contributed by atoms with van der Waals surface area (Å²) in [6.07, 6.45) is 3.55. The molecule has 2 aromatic heterocycles.